The number of fused-ring (bicyclic) bond motifs is 1. The molecule has 1 saturated heterocycles. The van der Waals surface area contributed by atoms with Gasteiger partial charge in [-0.05, 0) is 24.5 Å². The molecule has 1 unspecified atom stereocenters. The van der Waals surface area contributed by atoms with E-state index in [0.717, 1.165) is 19.4 Å². The summed E-state index contributed by atoms with van der Waals surface area (Å²) in [5.41, 5.74) is 1.77. The number of benzene rings is 1. The summed E-state index contributed by atoms with van der Waals surface area (Å²) >= 11 is 0. The van der Waals surface area contributed by atoms with Crippen LogP contribution in [-0.2, 0) is 16.0 Å². The minimum atomic E-state index is -0.422. The van der Waals surface area contributed by atoms with Gasteiger partial charge >= 0.3 is 0 Å². The third-order valence-corrected chi connectivity index (χ3v) is 3.56. The van der Waals surface area contributed by atoms with Crippen LogP contribution < -0.4 is 10.6 Å². The van der Waals surface area contributed by atoms with Gasteiger partial charge in [0.05, 0.1) is 18.0 Å². The van der Waals surface area contributed by atoms with Crippen molar-refractivity contribution in [2.75, 3.05) is 23.8 Å². The second-order valence-electron chi connectivity index (χ2n) is 5.07. The van der Waals surface area contributed by atoms with Crippen molar-refractivity contribution in [3.8, 4) is 0 Å². The molecular weight excluding hydrogens is 262 g/mol. The van der Waals surface area contributed by atoms with Crippen LogP contribution in [0.2, 0.25) is 0 Å². The number of carbonyl (C=O) groups excluding carboxylic acids is 1. The van der Waals surface area contributed by atoms with Gasteiger partial charge in [0.2, 0.25) is 5.91 Å². The number of nitrogens with one attached hydrogen (secondary N) is 2. The topological polar surface area (TPSA) is 93.5 Å². The smallest absolute Gasteiger partial charge is 0.292 e. The highest BCUT2D eigenvalue weighted by molar-refractivity contribution is 6.00. The van der Waals surface area contributed by atoms with Crippen molar-refractivity contribution in [3.05, 3.63) is 27.8 Å². The molecule has 2 aliphatic heterocycles. The first-order valence-corrected chi connectivity index (χ1v) is 6.59. The average molecular weight is 277 g/mol. The molecule has 0 saturated carbocycles. The predicted molar refractivity (Wildman–Crippen MR) is 72.9 cm³/mol. The van der Waals surface area contributed by atoms with Gasteiger partial charge < -0.3 is 15.4 Å². The third-order valence-electron chi connectivity index (χ3n) is 3.56. The Balaban J connectivity index is 1.90. The summed E-state index contributed by atoms with van der Waals surface area (Å²) in [6.07, 6.45) is 2.05. The van der Waals surface area contributed by atoms with Gasteiger partial charge in [-0.1, -0.05) is 0 Å². The Hall–Kier alpha value is -2.15. The van der Waals surface area contributed by atoms with E-state index in [1.54, 1.807) is 6.07 Å². The molecular formula is C13H15N3O4. The summed E-state index contributed by atoms with van der Waals surface area (Å²) in [7, 11) is 0. The van der Waals surface area contributed by atoms with Crippen LogP contribution in [-0.4, -0.2) is 30.1 Å². The molecule has 2 N–H and O–H groups in total. The lowest BCUT2D eigenvalue weighted by Crippen LogP contribution is -2.30. The summed E-state index contributed by atoms with van der Waals surface area (Å²) in [5.74, 6) is -0.132. The quantitative estimate of drug-likeness (QED) is 0.647. The first-order chi connectivity index (χ1) is 9.63. The van der Waals surface area contributed by atoms with E-state index in [0.29, 0.717) is 23.5 Å². The minimum absolute atomic E-state index is 0.00539. The molecule has 1 atom stereocenters. The first kappa shape index (κ1) is 12.9. The number of amides is 1. The lowest BCUT2D eigenvalue weighted by Gasteiger charge is -2.24. The number of nitrogens with zero attached hydrogens (tertiary/aromatic N) is 1. The highest BCUT2D eigenvalue weighted by Gasteiger charge is 2.26. The van der Waals surface area contributed by atoms with Crippen molar-refractivity contribution < 1.29 is 14.5 Å². The molecule has 0 aliphatic carbocycles. The fourth-order valence-corrected chi connectivity index (χ4v) is 2.60. The van der Waals surface area contributed by atoms with Crippen LogP contribution in [0.4, 0.5) is 17.1 Å². The van der Waals surface area contributed by atoms with Gasteiger partial charge in [0.1, 0.15) is 5.69 Å². The maximum absolute atomic E-state index is 11.4. The van der Waals surface area contributed by atoms with E-state index in [4.69, 9.17) is 4.74 Å². The highest BCUT2D eigenvalue weighted by atomic mass is 16.6. The lowest BCUT2D eigenvalue weighted by atomic mass is 10.1. The molecule has 1 amide bonds. The Kier molecular flexibility index (Phi) is 3.27. The number of nitro benzene ring substituents is 1. The molecule has 2 aliphatic rings. The zero-order valence-electron chi connectivity index (χ0n) is 10.8. The molecule has 0 radical (unpaired) electrons. The Morgan fingerprint density at radius 2 is 2.30 bits per heavy atom. The van der Waals surface area contributed by atoms with Crippen LogP contribution in [0, 0.1) is 10.1 Å². The Labute approximate surface area is 115 Å². The normalized spacial score (nSPS) is 21.2. The average Bonchev–Trinajstić information content (AvgIpc) is 2.78. The fourth-order valence-electron chi connectivity index (χ4n) is 2.60. The van der Waals surface area contributed by atoms with Crippen LogP contribution >= 0.6 is 0 Å². The third kappa shape index (κ3) is 2.44. The summed E-state index contributed by atoms with van der Waals surface area (Å²) in [6.45, 7) is 1.28. The van der Waals surface area contributed by atoms with Crippen molar-refractivity contribution in [1.82, 2.24) is 0 Å². The molecule has 7 heteroatoms. The number of ether oxygens (including phenoxy) is 1. The number of rotatable bonds is 3. The standard InChI is InChI=1S/C13H15N3O4/c17-13-5-8-4-12(16(18)19)11(6-10(8)15-13)14-9-2-1-3-20-7-9/h4,6,9,14H,1-3,5,7H2,(H,15,17). The summed E-state index contributed by atoms with van der Waals surface area (Å²) < 4.78 is 5.36. The predicted octanol–water partition coefficient (Wildman–Crippen LogP) is 1.68. The second-order valence-corrected chi connectivity index (χ2v) is 5.07. The number of hydrogen-bond donors (Lipinski definition) is 2. The maximum Gasteiger partial charge on any atom is 0.292 e. The molecule has 106 valence electrons. The van der Waals surface area contributed by atoms with Crippen molar-refractivity contribution >= 4 is 23.0 Å². The lowest BCUT2D eigenvalue weighted by molar-refractivity contribution is -0.384. The van der Waals surface area contributed by atoms with Crippen molar-refractivity contribution in [1.29, 1.82) is 0 Å². The van der Waals surface area contributed by atoms with Gasteiger partial charge in [-0.2, -0.15) is 0 Å². The largest absolute Gasteiger partial charge is 0.379 e. The molecule has 20 heavy (non-hydrogen) atoms. The minimum Gasteiger partial charge on any atom is -0.379 e. The summed E-state index contributed by atoms with van der Waals surface area (Å²) in [5, 5.41) is 17.0. The summed E-state index contributed by atoms with van der Waals surface area (Å²) in [6, 6.07) is 3.18. The first-order valence-electron chi connectivity index (χ1n) is 6.59. The van der Waals surface area contributed by atoms with Crippen LogP contribution in [0.15, 0.2) is 12.1 Å². The van der Waals surface area contributed by atoms with E-state index in [1.807, 2.05) is 0 Å². The van der Waals surface area contributed by atoms with Crippen molar-refractivity contribution in [2.24, 2.45) is 0 Å². The molecule has 2 heterocycles. The van der Waals surface area contributed by atoms with Crippen molar-refractivity contribution in [2.45, 2.75) is 25.3 Å². The number of carbonyl (C=O) groups is 1. The SMILES string of the molecule is O=C1Cc2cc([N+](=O)[O-])c(NC3CCCOC3)cc2N1. The van der Waals surface area contributed by atoms with Gasteiger partial charge in [0.25, 0.3) is 5.69 Å². The van der Waals surface area contributed by atoms with E-state index >= 15 is 0 Å². The van der Waals surface area contributed by atoms with E-state index < -0.39 is 4.92 Å². The zero-order valence-corrected chi connectivity index (χ0v) is 10.8. The molecule has 0 spiro atoms. The molecule has 3 rings (SSSR count). The molecule has 1 aromatic rings. The van der Waals surface area contributed by atoms with E-state index in [-0.39, 0.29) is 24.1 Å². The monoisotopic (exact) mass is 277 g/mol. The van der Waals surface area contributed by atoms with Crippen LogP contribution in [0.3, 0.4) is 0 Å². The number of anilines is 2. The van der Waals surface area contributed by atoms with E-state index in [9.17, 15) is 14.9 Å². The zero-order chi connectivity index (χ0) is 14.1. The molecule has 0 aromatic heterocycles. The Bertz CT molecular complexity index is 567. The number of hydrogen-bond acceptors (Lipinski definition) is 5. The highest BCUT2D eigenvalue weighted by Crippen LogP contribution is 2.35. The van der Waals surface area contributed by atoms with E-state index in [2.05, 4.69) is 10.6 Å². The van der Waals surface area contributed by atoms with Crippen LogP contribution in [0.1, 0.15) is 18.4 Å². The molecule has 0 bridgehead atoms. The molecule has 7 nitrogen and oxygen atoms in total. The molecule has 1 aromatic carbocycles. The van der Waals surface area contributed by atoms with Gasteiger partial charge in [0, 0.05) is 24.4 Å². The van der Waals surface area contributed by atoms with Gasteiger partial charge in [-0.15, -0.1) is 0 Å². The van der Waals surface area contributed by atoms with Crippen molar-refractivity contribution in [3.63, 3.8) is 0 Å². The van der Waals surface area contributed by atoms with Gasteiger partial charge in [-0.25, -0.2) is 0 Å². The maximum atomic E-state index is 11.4. The van der Waals surface area contributed by atoms with Gasteiger partial charge in [0.15, 0.2) is 0 Å². The van der Waals surface area contributed by atoms with E-state index in [1.165, 1.54) is 6.07 Å². The summed E-state index contributed by atoms with van der Waals surface area (Å²) in [4.78, 5) is 22.1. The van der Waals surface area contributed by atoms with Crippen LogP contribution in [0.5, 0.6) is 0 Å². The Morgan fingerprint density at radius 1 is 1.45 bits per heavy atom. The number of nitro groups is 1. The Morgan fingerprint density at radius 3 is 3.00 bits per heavy atom. The van der Waals surface area contributed by atoms with Crippen LogP contribution in [0.25, 0.3) is 0 Å². The second kappa shape index (κ2) is 5.09. The van der Waals surface area contributed by atoms with Gasteiger partial charge in [-0.3, -0.25) is 14.9 Å². The fraction of sp³-hybridized carbons (Fsp3) is 0.462. The molecule has 1 fully saturated rings.